The van der Waals surface area contributed by atoms with Crippen molar-refractivity contribution in [3.63, 3.8) is 0 Å². The van der Waals surface area contributed by atoms with E-state index in [0.29, 0.717) is 26.2 Å². The van der Waals surface area contributed by atoms with E-state index in [1.807, 2.05) is 13.8 Å². The van der Waals surface area contributed by atoms with Crippen LogP contribution in [0.15, 0.2) is 0 Å². The van der Waals surface area contributed by atoms with Gasteiger partial charge in [-0.2, -0.15) is 0 Å². The zero-order valence-electron chi connectivity index (χ0n) is 11.1. The Morgan fingerprint density at radius 1 is 1.44 bits per heavy atom. The van der Waals surface area contributed by atoms with E-state index in [1.165, 1.54) is 0 Å². The fraction of sp³-hybridized carbons (Fsp3) is 0.833. The maximum Gasteiger partial charge on any atom is 0.320 e. The van der Waals surface area contributed by atoms with Crippen LogP contribution in [0.5, 0.6) is 0 Å². The number of morpholine rings is 1. The molecular weight excluding hydrogens is 236 g/mol. The highest BCUT2D eigenvalue weighted by Gasteiger charge is 2.27. The van der Waals surface area contributed by atoms with E-state index in [9.17, 15) is 9.59 Å². The highest BCUT2D eigenvalue weighted by atomic mass is 16.5. The van der Waals surface area contributed by atoms with Crippen molar-refractivity contribution in [2.24, 2.45) is 0 Å². The van der Waals surface area contributed by atoms with Crippen LogP contribution in [0.1, 0.15) is 26.7 Å². The van der Waals surface area contributed by atoms with Crippen LogP contribution in [-0.2, 0) is 9.53 Å². The lowest BCUT2D eigenvalue weighted by Crippen LogP contribution is -2.51. The van der Waals surface area contributed by atoms with Crippen molar-refractivity contribution >= 4 is 12.0 Å². The Morgan fingerprint density at radius 2 is 2.17 bits per heavy atom. The molecule has 6 nitrogen and oxygen atoms in total. The average molecular weight is 258 g/mol. The van der Waals surface area contributed by atoms with Crippen LogP contribution in [0.25, 0.3) is 0 Å². The molecule has 1 aliphatic rings. The molecule has 1 aliphatic heterocycles. The molecule has 104 valence electrons. The van der Waals surface area contributed by atoms with E-state index in [1.54, 1.807) is 9.80 Å². The summed E-state index contributed by atoms with van der Waals surface area (Å²) in [6.07, 6.45) is 0.479. The molecule has 1 fully saturated rings. The molecular formula is C12H22N2O4. The first-order valence-electron chi connectivity index (χ1n) is 6.45. The fourth-order valence-corrected chi connectivity index (χ4v) is 2.07. The molecule has 0 radical (unpaired) electrons. The number of ether oxygens (including phenoxy) is 1. The van der Waals surface area contributed by atoms with Crippen LogP contribution in [0, 0.1) is 0 Å². The predicted octanol–water partition coefficient (Wildman–Crippen LogP) is 1.01. The number of hydrogen-bond acceptors (Lipinski definition) is 3. The second-order valence-corrected chi connectivity index (χ2v) is 4.40. The molecule has 1 atom stereocenters. The van der Waals surface area contributed by atoms with Crippen LogP contribution in [0.2, 0.25) is 0 Å². The van der Waals surface area contributed by atoms with Crippen LogP contribution in [-0.4, -0.2) is 65.8 Å². The number of nitrogens with zero attached hydrogens (tertiary/aromatic N) is 2. The zero-order chi connectivity index (χ0) is 13.5. The summed E-state index contributed by atoms with van der Waals surface area (Å²) in [5.41, 5.74) is 0. The van der Waals surface area contributed by atoms with E-state index in [-0.39, 0.29) is 18.6 Å². The van der Waals surface area contributed by atoms with Crippen molar-refractivity contribution < 1.29 is 19.4 Å². The molecule has 0 aromatic heterocycles. The van der Waals surface area contributed by atoms with Gasteiger partial charge in [-0.25, -0.2) is 4.79 Å². The molecule has 1 heterocycles. The minimum atomic E-state index is -0.893. The molecule has 0 aliphatic carbocycles. The first-order chi connectivity index (χ1) is 8.58. The maximum absolute atomic E-state index is 12.2. The molecule has 0 aromatic carbocycles. The monoisotopic (exact) mass is 258 g/mol. The summed E-state index contributed by atoms with van der Waals surface area (Å²) in [6, 6.07) is -0.0157. The lowest BCUT2D eigenvalue weighted by molar-refractivity contribution is -0.141. The van der Waals surface area contributed by atoms with Crippen molar-refractivity contribution in [3.8, 4) is 0 Å². The van der Waals surface area contributed by atoms with E-state index >= 15 is 0 Å². The SMILES string of the molecule is CCCN(CC)C(=O)N1CCOC(CC(=O)O)C1. The van der Waals surface area contributed by atoms with Crippen LogP contribution in [0.4, 0.5) is 4.79 Å². The van der Waals surface area contributed by atoms with Gasteiger partial charge in [0.25, 0.3) is 0 Å². The Morgan fingerprint density at radius 3 is 2.72 bits per heavy atom. The zero-order valence-corrected chi connectivity index (χ0v) is 11.1. The van der Waals surface area contributed by atoms with Crippen LogP contribution >= 0.6 is 0 Å². The van der Waals surface area contributed by atoms with Crippen molar-refractivity contribution in [3.05, 3.63) is 0 Å². The summed E-state index contributed by atoms with van der Waals surface area (Å²) in [5.74, 6) is -0.893. The van der Waals surface area contributed by atoms with E-state index in [2.05, 4.69) is 0 Å². The Bertz CT molecular complexity index is 296. The third kappa shape index (κ3) is 4.18. The fourth-order valence-electron chi connectivity index (χ4n) is 2.07. The van der Waals surface area contributed by atoms with Gasteiger partial charge in [0.2, 0.25) is 0 Å². The normalized spacial score (nSPS) is 19.7. The van der Waals surface area contributed by atoms with Crippen LogP contribution in [0.3, 0.4) is 0 Å². The highest BCUT2D eigenvalue weighted by molar-refractivity contribution is 5.74. The van der Waals surface area contributed by atoms with Gasteiger partial charge in [-0.3, -0.25) is 4.79 Å². The minimum Gasteiger partial charge on any atom is -0.481 e. The molecule has 0 aromatic rings. The average Bonchev–Trinajstić information content (AvgIpc) is 2.34. The van der Waals surface area contributed by atoms with Crippen molar-refractivity contribution in [2.75, 3.05) is 32.8 Å². The van der Waals surface area contributed by atoms with Gasteiger partial charge >= 0.3 is 12.0 Å². The largest absolute Gasteiger partial charge is 0.481 e. The second-order valence-electron chi connectivity index (χ2n) is 4.40. The molecule has 18 heavy (non-hydrogen) atoms. The molecule has 0 bridgehead atoms. The number of carboxylic acids is 1. The summed E-state index contributed by atoms with van der Waals surface area (Å²) >= 11 is 0. The summed E-state index contributed by atoms with van der Waals surface area (Å²) in [5, 5.41) is 8.74. The van der Waals surface area contributed by atoms with Crippen LogP contribution < -0.4 is 0 Å². The topological polar surface area (TPSA) is 70.1 Å². The molecule has 0 saturated carbocycles. The number of rotatable bonds is 5. The van der Waals surface area contributed by atoms with Crippen molar-refractivity contribution in [2.45, 2.75) is 32.8 Å². The van der Waals surface area contributed by atoms with Gasteiger partial charge in [0.15, 0.2) is 0 Å². The van der Waals surface area contributed by atoms with Crippen molar-refractivity contribution in [1.29, 1.82) is 0 Å². The molecule has 1 saturated heterocycles. The summed E-state index contributed by atoms with van der Waals surface area (Å²) in [6.45, 7) is 6.70. The minimum absolute atomic E-state index is 0.0157. The number of carbonyl (C=O) groups excluding carboxylic acids is 1. The van der Waals surface area contributed by atoms with Gasteiger partial charge in [0.1, 0.15) is 0 Å². The third-order valence-electron chi connectivity index (χ3n) is 2.96. The Balaban J connectivity index is 2.54. The summed E-state index contributed by atoms with van der Waals surface area (Å²) in [7, 11) is 0. The maximum atomic E-state index is 12.2. The van der Waals surface area contributed by atoms with Gasteiger partial charge in [-0.1, -0.05) is 6.92 Å². The van der Waals surface area contributed by atoms with Gasteiger partial charge in [0, 0.05) is 26.2 Å². The smallest absolute Gasteiger partial charge is 0.320 e. The number of carboxylic acid groups (broad SMARTS) is 1. The number of carbonyl (C=O) groups is 2. The Kier molecular flexibility index (Phi) is 5.91. The predicted molar refractivity (Wildman–Crippen MR) is 66.5 cm³/mol. The summed E-state index contributed by atoms with van der Waals surface area (Å²) in [4.78, 5) is 26.3. The number of amides is 2. The Labute approximate surface area is 107 Å². The molecule has 1 unspecified atom stereocenters. The third-order valence-corrected chi connectivity index (χ3v) is 2.96. The first-order valence-corrected chi connectivity index (χ1v) is 6.45. The second kappa shape index (κ2) is 7.20. The number of aliphatic carboxylic acids is 1. The van der Waals surface area contributed by atoms with Gasteiger partial charge in [-0.05, 0) is 13.3 Å². The van der Waals surface area contributed by atoms with Gasteiger partial charge in [-0.15, -0.1) is 0 Å². The lowest BCUT2D eigenvalue weighted by Gasteiger charge is -2.35. The lowest BCUT2D eigenvalue weighted by atomic mass is 10.2. The number of hydrogen-bond donors (Lipinski definition) is 1. The first kappa shape index (κ1) is 14.8. The molecule has 1 N–H and O–H groups in total. The summed E-state index contributed by atoms with van der Waals surface area (Å²) < 4.78 is 5.35. The van der Waals surface area contributed by atoms with Gasteiger partial charge in [0.05, 0.1) is 19.1 Å². The quantitative estimate of drug-likeness (QED) is 0.799. The standard InChI is InChI=1S/C12H22N2O4/c1-3-5-13(4-2)12(17)14-6-7-18-10(9-14)8-11(15)16/h10H,3-9H2,1-2H3,(H,15,16). The molecule has 6 heteroatoms. The Hall–Kier alpha value is -1.30. The van der Waals surface area contributed by atoms with E-state index in [0.717, 1.165) is 13.0 Å². The molecule has 0 spiro atoms. The van der Waals surface area contributed by atoms with Crippen molar-refractivity contribution in [1.82, 2.24) is 9.80 Å². The molecule has 1 rings (SSSR count). The van der Waals surface area contributed by atoms with Gasteiger partial charge < -0.3 is 19.6 Å². The highest BCUT2D eigenvalue weighted by Crippen LogP contribution is 2.11. The number of urea groups is 1. The van der Waals surface area contributed by atoms with E-state index < -0.39 is 5.97 Å². The van der Waals surface area contributed by atoms with E-state index in [4.69, 9.17) is 9.84 Å². The molecule has 2 amide bonds.